The van der Waals surface area contributed by atoms with Gasteiger partial charge < -0.3 is 9.32 Å². The number of para-hydroxylation sites is 1. The Bertz CT molecular complexity index is 1040. The zero-order valence-corrected chi connectivity index (χ0v) is 15.0. The van der Waals surface area contributed by atoms with Crippen LogP contribution in [-0.4, -0.2) is 36.8 Å². The molecule has 0 spiro atoms. The fourth-order valence-corrected chi connectivity index (χ4v) is 5.20. The van der Waals surface area contributed by atoms with Gasteiger partial charge in [0.15, 0.2) is 9.84 Å². The Labute approximate surface area is 152 Å². The van der Waals surface area contributed by atoms with E-state index in [0.717, 1.165) is 10.9 Å². The lowest BCUT2D eigenvalue weighted by Crippen LogP contribution is -2.40. The monoisotopic (exact) mass is 369 g/mol. The molecule has 0 unspecified atom stereocenters. The lowest BCUT2D eigenvalue weighted by Gasteiger charge is -2.28. The van der Waals surface area contributed by atoms with Crippen LogP contribution in [0.2, 0.25) is 0 Å². The molecular formula is C20H19NO4S. The summed E-state index contributed by atoms with van der Waals surface area (Å²) in [6.45, 7) is 0.374. The van der Waals surface area contributed by atoms with Crippen molar-refractivity contribution in [2.75, 3.05) is 11.5 Å². The molecule has 1 fully saturated rings. The highest BCUT2D eigenvalue weighted by Crippen LogP contribution is 2.26. The first-order valence-corrected chi connectivity index (χ1v) is 10.4. The molecule has 1 amide bonds. The van der Waals surface area contributed by atoms with Crippen LogP contribution in [-0.2, 0) is 16.4 Å². The molecule has 4 rings (SSSR count). The number of carbonyl (C=O) groups excluding carboxylic acids is 1. The van der Waals surface area contributed by atoms with E-state index < -0.39 is 9.84 Å². The van der Waals surface area contributed by atoms with Crippen molar-refractivity contribution in [2.24, 2.45) is 0 Å². The van der Waals surface area contributed by atoms with E-state index in [-0.39, 0.29) is 23.5 Å². The van der Waals surface area contributed by atoms with Crippen molar-refractivity contribution in [3.05, 3.63) is 72.0 Å². The normalized spacial score (nSPS) is 18.8. The van der Waals surface area contributed by atoms with Crippen molar-refractivity contribution in [1.29, 1.82) is 0 Å². The van der Waals surface area contributed by atoms with Crippen molar-refractivity contribution in [3.63, 3.8) is 0 Å². The summed E-state index contributed by atoms with van der Waals surface area (Å²) < 4.78 is 29.4. The zero-order chi connectivity index (χ0) is 18.1. The number of hydrogen-bond donors (Lipinski definition) is 0. The number of fused-ring (bicyclic) bond motifs is 1. The molecule has 1 aliphatic rings. The minimum Gasteiger partial charge on any atom is -0.463 e. The van der Waals surface area contributed by atoms with Gasteiger partial charge in [-0.15, -0.1) is 0 Å². The standard InChI is InChI=1S/C20H19NO4S/c22-20(18-13-25-19-9-5-4-8-17(18)19)21(12-15-6-2-1-3-7-15)16-10-11-26(23,24)14-16/h1-9,13,16H,10-12,14H2/t16-/m1/s1. The Hall–Kier alpha value is -2.60. The van der Waals surface area contributed by atoms with Gasteiger partial charge in [-0.25, -0.2) is 8.42 Å². The summed E-state index contributed by atoms with van der Waals surface area (Å²) >= 11 is 0. The summed E-state index contributed by atoms with van der Waals surface area (Å²) in [6.07, 6.45) is 1.94. The molecule has 3 aromatic rings. The third-order valence-corrected chi connectivity index (χ3v) is 6.57. The summed E-state index contributed by atoms with van der Waals surface area (Å²) in [5.41, 5.74) is 2.09. The van der Waals surface area contributed by atoms with Crippen molar-refractivity contribution in [3.8, 4) is 0 Å². The van der Waals surface area contributed by atoms with E-state index in [2.05, 4.69) is 0 Å². The van der Waals surface area contributed by atoms with Crippen molar-refractivity contribution < 1.29 is 17.6 Å². The average Bonchev–Trinajstić information content (AvgIpc) is 3.23. The molecule has 1 aromatic heterocycles. The maximum atomic E-state index is 13.3. The molecule has 26 heavy (non-hydrogen) atoms. The summed E-state index contributed by atoms with van der Waals surface area (Å²) in [5.74, 6) is -0.0510. The Morgan fingerprint density at radius 1 is 1.08 bits per heavy atom. The maximum absolute atomic E-state index is 13.3. The summed E-state index contributed by atoms with van der Waals surface area (Å²) in [6, 6.07) is 16.7. The van der Waals surface area contributed by atoms with E-state index in [9.17, 15) is 13.2 Å². The first-order valence-electron chi connectivity index (χ1n) is 8.55. The van der Waals surface area contributed by atoms with Crippen LogP contribution in [0.1, 0.15) is 22.3 Å². The molecule has 5 nitrogen and oxygen atoms in total. The van der Waals surface area contributed by atoms with Crippen LogP contribution in [0.3, 0.4) is 0 Å². The van der Waals surface area contributed by atoms with Crippen LogP contribution >= 0.6 is 0 Å². The predicted molar refractivity (Wildman–Crippen MR) is 99.6 cm³/mol. The Balaban J connectivity index is 1.71. The molecule has 0 aliphatic carbocycles. The van der Waals surface area contributed by atoms with Crippen molar-refractivity contribution in [2.45, 2.75) is 19.0 Å². The van der Waals surface area contributed by atoms with E-state index in [0.29, 0.717) is 24.1 Å². The molecule has 1 atom stereocenters. The Morgan fingerprint density at radius 3 is 2.54 bits per heavy atom. The van der Waals surface area contributed by atoms with Gasteiger partial charge in [0, 0.05) is 18.0 Å². The molecule has 134 valence electrons. The number of benzene rings is 2. The van der Waals surface area contributed by atoms with Crippen LogP contribution in [0.15, 0.2) is 65.3 Å². The SMILES string of the molecule is O=C(c1coc2ccccc12)N(Cc1ccccc1)[C@@H]1CCS(=O)(=O)C1. The van der Waals surface area contributed by atoms with E-state index in [4.69, 9.17) is 4.42 Å². The second-order valence-electron chi connectivity index (χ2n) is 6.62. The van der Waals surface area contributed by atoms with Crippen LogP contribution in [0.25, 0.3) is 11.0 Å². The number of carbonyl (C=O) groups is 1. The number of hydrogen-bond acceptors (Lipinski definition) is 4. The third-order valence-electron chi connectivity index (χ3n) is 4.82. The molecule has 0 saturated carbocycles. The van der Waals surface area contributed by atoms with Crippen molar-refractivity contribution in [1.82, 2.24) is 4.90 Å². The molecule has 1 saturated heterocycles. The second kappa shape index (κ2) is 6.61. The van der Waals surface area contributed by atoms with Crippen LogP contribution in [0.4, 0.5) is 0 Å². The smallest absolute Gasteiger partial charge is 0.258 e. The topological polar surface area (TPSA) is 67.6 Å². The molecular weight excluding hydrogens is 350 g/mol. The number of amides is 1. The largest absolute Gasteiger partial charge is 0.463 e. The average molecular weight is 369 g/mol. The number of rotatable bonds is 4. The third kappa shape index (κ3) is 3.24. The van der Waals surface area contributed by atoms with Gasteiger partial charge in [-0.05, 0) is 18.1 Å². The molecule has 0 bridgehead atoms. The minimum absolute atomic E-state index is 0.0152. The molecule has 0 radical (unpaired) electrons. The van der Waals surface area contributed by atoms with Gasteiger partial charge in [0.05, 0.1) is 17.1 Å². The molecule has 2 aromatic carbocycles. The lowest BCUT2D eigenvalue weighted by atomic mass is 10.1. The minimum atomic E-state index is -3.09. The van der Waals surface area contributed by atoms with E-state index in [1.54, 1.807) is 4.90 Å². The number of nitrogens with zero attached hydrogens (tertiary/aromatic N) is 1. The summed E-state index contributed by atoms with van der Waals surface area (Å²) in [4.78, 5) is 15.0. The second-order valence-corrected chi connectivity index (χ2v) is 8.85. The molecule has 2 heterocycles. The molecule has 1 aliphatic heterocycles. The first kappa shape index (κ1) is 16.8. The highest BCUT2D eigenvalue weighted by Gasteiger charge is 2.35. The van der Waals surface area contributed by atoms with Gasteiger partial charge in [-0.2, -0.15) is 0 Å². The quantitative estimate of drug-likeness (QED) is 0.708. The maximum Gasteiger partial charge on any atom is 0.258 e. The van der Waals surface area contributed by atoms with Gasteiger partial charge in [0.1, 0.15) is 11.8 Å². The Kier molecular flexibility index (Phi) is 4.28. The van der Waals surface area contributed by atoms with Gasteiger partial charge in [-0.1, -0.05) is 48.5 Å². The lowest BCUT2D eigenvalue weighted by molar-refractivity contribution is 0.0682. The first-order chi connectivity index (χ1) is 12.5. The summed E-state index contributed by atoms with van der Waals surface area (Å²) in [7, 11) is -3.09. The van der Waals surface area contributed by atoms with Crippen LogP contribution < -0.4 is 0 Å². The fraction of sp³-hybridized carbons (Fsp3) is 0.250. The molecule has 0 N–H and O–H groups in total. The Morgan fingerprint density at radius 2 is 1.81 bits per heavy atom. The van der Waals surface area contributed by atoms with Gasteiger partial charge in [0.2, 0.25) is 0 Å². The highest BCUT2D eigenvalue weighted by atomic mass is 32.2. The van der Waals surface area contributed by atoms with Crippen LogP contribution in [0.5, 0.6) is 0 Å². The molecule has 6 heteroatoms. The zero-order valence-electron chi connectivity index (χ0n) is 14.2. The van der Waals surface area contributed by atoms with Gasteiger partial charge >= 0.3 is 0 Å². The van der Waals surface area contributed by atoms with E-state index in [1.807, 2.05) is 54.6 Å². The van der Waals surface area contributed by atoms with E-state index >= 15 is 0 Å². The van der Waals surface area contributed by atoms with E-state index in [1.165, 1.54) is 6.26 Å². The van der Waals surface area contributed by atoms with Crippen molar-refractivity contribution >= 4 is 26.7 Å². The highest BCUT2D eigenvalue weighted by molar-refractivity contribution is 7.91. The number of sulfone groups is 1. The summed E-state index contributed by atoms with van der Waals surface area (Å²) in [5, 5.41) is 0.747. The predicted octanol–water partition coefficient (Wildman–Crippen LogP) is 3.26. The van der Waals surface area contributed by atoms with Gasteiger partial charge in [-0.3, -0.25) is 4.79 Å². The fourth-order valence-electron chi connectivity index (χ4n) is 3.47. The number of furan rings is 1. The van der Waals surface area contributed by atoms with Gasteiger partial charge in [0.25, 0.3) is 5.91 Å². The van der Waals surface area contributed by atoms with Crippen LogP contribution in [0, 0.1) is 0 Å².